The van der Waals surface area contributed by atoms with Crippen molar-refractivity contribution in [3.63, 3.8) is 0 Å². The lowest BCUT2D eigenvalue weighted by molar-refractivity contribution is -0.133. The average Bonchev–Trinajstić information content (AvgIpc) is 3.30. The van der Waals surface area contributed by atoms with Crippen LogP contribution in [0.25, 0.3) is 58.3 Å². The quantitative estimate of drug-likeness (QED) is 0.0575. The van der Waals surface area contributed by atoms with Crippen LogP contribution in [0.15, 0.2) is 157 Å². The summed E-state index contributed by atoms with van der Waals surface area (Å²) in [7, 11) is 0. The molecule has 62 heavy (non-hydrogen) atoms. The first-order valence-electron chi connectivity index (χ1n) is 20.0. The number of aliphatic carboxylic acids is 2. The predicted octanol–water partition coefficient (Wildman–Crippen LogP) is 13.2. The molecule has 0 spiro atoms. The minimum Gasteiger partial charge on any atom is -0.486 e. The summed E-state index contributed by atoms with van der Waals surface area (Å²) in [5, 5.41) is 18.3. The highest BCUT2D eigenvalue weighted by Crippen LogP contribution is 2.35. The fourth-order valence-corrected chi connectivity index (χ4v) is 6.62. The number of hydrogen-bond acceptors (Lipinski definition) is 4. The molecule has 0 radical (unpaired) electrons. The summed E-state index contributed by atoms with van der Waals surface area (Å²) in [4.78, 5) is 33.1. The molecule has 6 aromatic rings. The minimum atomic E-state index is -1.25. The molecule has 0 heterocycles. The molecule has 0 unspecified atom stereocenters. The third kappa shape index (κ3) is 11.6. The molecule has 0 saturated heterocycles. The standard InChI is InChI=1S/C54H44N4O4/c1-5-57(6-2)47-29-21-41(22-30-47)11-12-44-27-35-50(36-28-44)58(48-31-23-42(24-32-48)9-7-39-13-17-45(18-14-39)37-51(55-3)53(59)60)49-33-25-43(26-34-49)10-8-40-15-19-46(20-16-40)38-52(56-4)54(61)62/h7-38H,5-6H2,1-2H3,(H,59,60)(H,61,62). The van der Waals surface area contributed by atoms with E-state index in [2.05, 4.69) is 143 Å². The average molecular weight is 813 g/mol. The van der Waals surface area contributed by atoms with Gasteiger partial charge in [-0.1, -0.05) is 134 Å². The van der Waals surface area contributed by atoms with E-state index >= 15 is 0 Å². The van der Waals surface area contributed by atoms with Gasteiger partial charge in [-0.25, -0.2) is 9.69 Å². The lowest BCUT2D eigenvalue weighted by Gasteiger charge is -2.26. The molecule has 6 aromatic carbocycles. The Kier molecular flexibility index (Phi) is 14.6. The number of carboxylic acids is 2. The van der Waals surface area contributed by atoms with E-state index in [1.54, 1.807) is 24.3 Å². The number of carboxylic acid groups (broad SMARTS) is 2. The number of carbonyl (C=O) groups is 2. The number of rotatable bonds is 16. The van der Waals surface area contributed by atoms with E-state index in [9.17, 15) is 9.59 Å². The Bertz CT molecular complexity index is 2590. The molecule has 0 saturated carbocycles. The van der Waals surface area contributed by atoms with E-state index in [-0.39, 0.29) is 11.4 Å². The molecular formula is C54H44N4O4. The molecule has 0 aliphatic heterocycles. The van der Waals surface area contributed by atoms with Gasteiger partial charge in [0.05, 0.1) is 13.1 Å². The van der Waals surface area contributed by atoms with Crippen LogP contribution in [0.5, 0.6) is 0 Å². The van der Waals surface area contributed by atoms with Crippen molar-refractivity contribution in [3.05, 3.63) is 224 Å². The Balaban J connectivity index is 1.23. The Labute approximate surface area is 362 Å². The molecule has 0 bridgehead atoms. The second-order valence-corrected chi connectivity index (χ2v) is 14.1. The van der Waals surface area contributed by atoms with E-state index in [1.165, 1.54) is 17.8 Å². The maximum atomic E-state index is 11.2. The third-order valence-electron chi connectivity index (χ3n) is 10.0. The van der Waals surface area contributed by atoms with Crippen molar-refractivity contribution in [2.24, 2.45) is 0 Å². The van der Waals surface area contributed by atoms with Crippen molar-refractivity contribution in [1.29, 1.82) is 0 Å². The van der Waals surface area contributed by atoms with Gasteiger partial charge >= 0.3 is 11.9 Å². The lowest BCUT2D eigenvalue weighted by Crippen LogP contribution is -2.21. The summed E-state index contributed by atoms with van der Waals surface area (Å²) in [6.07, 6.45) is 15.0. The van der Waals surface area contributed by atoms with Crippen LogP contribution in [-0.2, 0) is 9.59 Å². The number of anilines is 4. The monoisotopic (exact) mass is 812 g/mol. The van der Waals surface area contributed by atoms with E-state index in [4.69, 9.17) is 23.4 Å². The van der Waals surface area contributed by atoms with Crippen LogP contribution >= 0.6 is 0 Å². The Morgan fingerprint density at radius 1 is 0.419 bits per heavy atom. The molecule has 8 nitrogen and oxygen atoms in total. The van der Waals surface area contributed by atoms with Crippen molar-refractivity contribution in [2.45, 2.75) is 13.8 Å². The fourth-order valence-electron chi connectivity index (χ4n) is 6.62. The molecule has 0 fully saturated rings. The molecule has 0 atom stereocenters. The molecule has 0 amide bonds. The smallest absolute Gasteiger partial charge is 0.333 e. The number of hydrogen-bond donors (Lipinski definition) is 2. The van der Waals surface area contributed by atoms with Gasteiger partial charge in [0.15, 0.2) is 0 Å². The van der Waals surface area contributed by atoms with Crippen LogP contribution < -0.4 is 9.80 Å². The number of benzene rings is 6. The summed E-state index contributed by atoms with van der Waals surface area (Å²) in [6, 6.07) is 48.4. The third-order valence-corrected chi connectivity index (χ3v) is 10.0. The first-order chi connectivity index (χ1) is 30.2. The molecule has 6 rings (SSSR count). The largest absolute Gasteiger partial charge is 0.486 e. The van der Waals surface area contributed by atoms with Gasteiger partial charge in [-0.3, -0.25) is 9.59 Å². The van der Waals surface area contributed by atoms with Crippen molar-refractivity contribution >= 4 is 83.3 Å². The molecule has 0 aromatic heterocycles. The zero-order valence-corrected chi connectivity index (χ0v) is 34.4. The zero-order chi connectivity index (χ0) is 43.8. The van der Waals surface area contributed by atoms with Crippen molar-refractivity contribution in [1.82, 2.24) is 0 Å². The first kappa shape index (κ1) is 43.1. The van der Waals surface area contributed by atoms with E-state index in [1.807, 2.05) is 48.6 Å². The van der Waals surface area contributed by atoms with Gasteiger partial charge in [-0.15, -0.1) is 0 Å². The zero-order valence-electron chi connectivity index (χ0n) is 34.4. The van der Waals surface area contributed by atoms with Crippen molar-refractivity contribution < 1.29 is 19.8 Å². The van der Waals surface area contributed by atoms with Crippen LogP contribution in [0.3, 0.4) is 0 Å². The van der Waals surface area contributed by atoms with E-state index in [0.717, 1.165) is 63.5 Å². The normalized spacial score (nSPS) is 11.7. The van der Waals surface area contributed by atoms with E-state index < -0.39 is 11.9 Å². The van der Waals surface area contributed by atoms with Gasteiger partial charge in [0.2, 0.25) is 0 Å². The van der Waals surface area contributed by atoms with Crippen LogP contribution in [0, 0.1) is 13.1 Å². The summed E-state index contributed by atoms with van der Waals surface area (Å²) in [6.45, 7) is 20.4. The summed E-state index contributed by atoms with van der Waals surface area (Å²) in [5.74, 6) is -2.50. The van der Waals surface area contributed by atoms with E-state index in [0.29, 0.717) is 11.1 Å². The SMILES string of the molecule is [C-]#[N+]C(=Cc1ccc(C=Cc2ccc(N(c3ccc(C=Cc4ccc(C=C([N+]#[C-])C(=O)O)cc4)cc3)c3ccc(C=Cc4ccc(N(CC)CC)cc4)cc3)cc2)cc1)C(=O)O. The van der Waals surface area contributed by atoms with Gasteiger partial charge in [0.25, 0.3) is 11.4 Å². The van der Waals surface area contributed by atoms with Gasteiger partial charge in [0.1, 0.15) is 0 Å². The van der Waals surface area contributed by atoms with Crippen LogP contribution in [-0.4, -0.2) is 35.2 Å². The van der Waals surface area contributed by atoms with Crippen LogP contribution in [0.2, 0.25) is 0 Å². The molecule has 8 heteroatoms. The summed E-state index contributed by atoms with van der Waals surface area (Å²) in [5.41, 5.74) is 10.9. The maximum Gasteiger partial charge on any atom is 0.333 e. The second kappa shape index (κ2) is 21.0. The second-order valence-electron chi connectivity index (χ2n) is 14.1. The first-order valence-corrected chi connectivity index (χ1v) is 20.0. The van der Waals surface area contributed by atoms with Gasteiger partial charge in [0, 0.05) is 35.8 Å². The topological polar surface area (TPSA) is 89.8 Å². The van der Waals surface area contributed by atoms with Crippen molar-refractivity contribution in [3.8, 4) is 0 Å². The molecular weight excluding hydrogens is 769 g/mol. The Morgan fingerprint density at radius 3 is 0.871 bits per heavy atom. The molecule has 304 valence electrons. The Hall–Kier alpha value is -8.46. The maximum absolute atomic E-state index is 11.2. The van der Waals surface area contributed by atoms with Gasteiger partial charge in [-0.05, 0) is 119 Å². The van der Waals surface area contributed by atoms with Crippen LogP contribution in [0.1, 0.15) is 58.4 Å². The molecule has 0 aliphatic carbocycles. The van der Waals surface area contributed by atoms with Crippen LogP contribution in [0.4, 0.5) is 22.7 Å². The van der Waals surface area contributed by atoms with Gasteiger partial charge < -0.3 is 20.0 Å². The lowest BCUT2D eigenvalue weighted by atomic mass is 10.1. The minimum absolute atomic E-state index is 0.331. The summed E-state index contributed by atoms with van der Waals surface area (Å²) >= 11 is 0. The number of nitrogens with zero attached hydrogens (tertiary/aromatic N) is 4. The highest BCUT2D eigenvalue weighted by Gasteiger charge is 2.13. The van der Waals surface area contributed by atoms with Crippen molar-refractivity contribution in [2.75, 3.05) is 22.9 Å². The summed E-state index contributed by atoms with van der Waals surface area (Å²) < 4.78 is 0. The highest BCUT2D eigenvalue weighted by molar-refractivity contribution is 5.95. The highest BCUT2D eigenvalue weighted by atomic mass is 16.4. The molecule has 2 N–H and O–H groups in total. The Morgan fingerprint density at radius 2 is 0.645 bits per heavy atom. The predicted molar refractivity (Wildman–Crippen MR) is 255 cm³/mol. The fraction of sp³-hybridized carbons (Fsp3) is 0.0741. The van der Waals surface area contributed by atoms with Gasteiger partial charge in [-0.2, -0.15) is 0 Å². The molecule has 0 aliphatic rings.